The Bertz CT molecular complexity index is 777. The number of carbonyl (C=O) groups is 2. The van der Waals surface area contributed by atoms with Crippen molar-refractivity contribution in [3.8, 4) is 11.1 Å². The van der Waals surface area contributed by atoms with Crippen molar-refractivity contribution in [2.24, 2.45) is 0 Å². The Morgan fingerprint density at radius 3 is 2.14 bits per heavy atom. The fourth-order valence-electron chi connectivity index (χ4n) is 3.25. The fourth-order valence-corrected chi connectivity index (χ4v) is 3.25. The van der Waals surface area contributed by atoms with Crippen LogP contribution in [0.15, 0.2) is 48.5 Å². The zero-order valence-electron chi connectivity index (χ0n) is 15.4. The van der Waals surface area contributed by atoms with Crippen LogP contribution < -0.4 is 10.4 Å². The van der Waals surface area contributed by atoms with E-state index in [2.05, 4.69) is 29.6 Å². The number of nitrogens with one attached hydrogen (secondary N) is 1. The van der Waals surface area contributed by atoms with E-state index in [-0.39, 0.29) is 38.9 Å². The third-order valence-electron chi connectivity index (χ3n) is 4.45. The molecule has 0 aromatic heterocycles. The minimum Gasteiger partial charge on any atom is -0.548 e. The first-order valence-corrected chi connectivity index (χ1v) is 9.11. The molecule has 1 amide bonds. The van der Waals surface area contributed by atoms with Crippen LogP contribution in [0.5, 0.6) is 0 Å². The van der Waals surface area contributed by atoms with Gasteiger partial charge in [0, 0.05) is 12.5 Å². The smallest absolute Gasteiger partial charge is 0.407 e. The number of ether oxygens (including phenoxy) is 3. The Morgan fingerprint density at radius 1 is 0.893 bits per heavy atom. The number of carboxylic acids is 1. The zero-order valence-corrected chi connectivity index (χ0v) is 15.4. The minimum atomic E-state index is -1.27. The molecule has 7 nitrogen and oxygen atoms in total. The van der Waals surface area contributed by atoms with E-state index in [4.69, 9.17) is 14.2 Å². The van der Waals surface area contributed by atoms with Crippen molar-refractivity contribution in [2.75, 3.05) is 39.6 Å². The van der Waals surface area contributed by atoms with Gasteiger partial charge < -0.3 is 29.4 Å². The van der Waals surface area contributed by atoms with Gasteiger partial charge in [-0.3, -0.25) is 0 Å². The summed E-state index contributed by atoms with van der Waals surface area (Å²) in [5.41, 5.74) is 4.69. The first-order valence-electron chi connectivity index (χ1n) is 9.11. The summed E-state index contributed by atoms with van der Waals surface area (Å²) in [5.74, 6) is -1.24. The van der Waals surface area contributed by atoms with Gasteiger partial charge in [-0.15, -0.1) is 0 Å². The Balaban J connectivity index is 1.39. The van der Waals surface area contributed by atoms with E-state index in [9.17, 15) is 14.7 Å². The number of rotatable bonds is 10. The molecule has 0 saturated heterocycles. The Labute approximate surface area is 163 Å². The minimum absolute atomic E-state index is 0.0234. The highest BCUT2D eigenvalue weighted by atomic mass is 16.6. The van der Waals surface area contributed by atoms with Crippen LogP contribution in [-0.4, -0.2) is 51.6 Å². The lowest BCUT2D eigenvalue weighted by Gasteiger charge is -2.14. The van der Waals surface area contributed by atoms with Crippen LogP contribution in [0.3, 0.4) is 0 Å². The van der Waals surface area contributed by atoms with Crippen molar-refractivity contribution in [3.05, 3.63) is 59.7 Å². The van der Waals surface area contributed by atoms with Gasteiger partial charge in [0.05, 0.1) is 32.4 Å². The second-order valence-corrected chi connectivity index (χ2v) is 6.29. The molecule has 3 rings (SSSR count). The van der Waals surface area contributed by atoms with Crippen LogP contribution in [0, 0.1) is 0 Å². The van der Waals surface area contributed by atoms with Gasteiger partial charge in [0.1, 0.15) is 6.61 Å². The maximum atomic E-state index is 11.9. The van der Waals surface area contributed by atoms with Crippen molar-refractivity contribution < 1.29 is 28.9 Å². The van der Waals surface area contributed by atoms with Crippen molar-refractivity contribution in [3.63, 3.8) is 0 Å². The van der Waals surface area contributed by atoms with E-state index < -0.39 is 18.7 Å². The summed E-state index contributed by atoms with van der Waals surface area (Å²) in [4.78, 5) is 22.1. The molecule has 0 fully saturated rings. The molecule has 0 unspecified atom stereocenters. The van der Waals surface area contributed by atoms with E-state index >= 15 is 0 Å². The first-order chi connectivity index (χ1) is 13.7. The van der Waals surface area contributed by atoms with Gasteiger partial charge in [-0.05, 0) is 22.3 Å². The maximum Gasteiger partial charge on any atom is 0.407 e. The summed E-state index contributed by atoms with van der Waals surface area (Å²) >= 11 is 0. The maximum absolute atomic E-state index is 11.9. The number of fused-ring (bicyclic) bond motifs is 3. The van der Waals surface area contributed by atoms with Gasteiger partial charge in [0.25, 0.3) is 0 Å². The Hall–Kier alpha value is -2.90. The molecular weight excluding hydrogens is 362 g/mol. The van der Waals surface area contributed by atoms with E-state index in [1.54, 1.807) is 0 Å². The number of carbonyl (C=O) groups excluding carboxylic acids is 2. The third-order valence-corrected chi connectivity index (χ3v) is 4.45. The average molecular weight is 384 g/mol. The number of alkyl carbamates (subject to hydrolysis) is 1. The van der Waals surface area contributed by atoms with E-state index in [1.165, 1.54) is 11.1 Å². The molecule has 0 bridgehead atoms. The predicted octanol–water partition coefficient (Wildman–Crippen LogP) is 1.31. The predicted molar refractivity (Wildman–Crippen MR) is 99.7 cm³/mol. The number of carboxylic acid groups (broad SMARTS) is 1. The van der Waals surface area contributed by atoms with E-state index in [0.717, 1.165) is 11.1 Å². The van der Waals surface area contributed by atoms with E-state index in [0.29, 0.717) is 0 Å². The molecule has 0 atom stereocenters. The summed E-state index contributed by atoms with van der Waals surface area (Å²) in [5, 5.41) is 12.8. The monoisotopic (exact) mass is 384 g/mol. The molecular formula is C21H22NO6-. The highest BCUT2D eigenvalue weighted by Gasteiger charge is 2.28. The number of benzene rings is 2. The summed E-state index contributed by atoms with van der Waals surface area (Å²) in [6.07, 6.45) is -0.501. The second kappa shape index (κ2) is 9.87. The quantitative estimate of drug-likeness (QED) is 0.621. The van der Waals surface area contributed by atoms with Gasteiger partial charge >= 0.3 is 6.09 Å². The van der Waals surface area contributed by atoms with Crippen LogP contribution in [-0.2, 0) is 19.0 Å². The SMILES string of the molecule is O=C([O-])COCCOCCNC(=O)OCC1c2ccccc2-c2ccccc21. The molecule has 0 radical (unpaired) electrons. The fraction of sp³-hybridized carbons (Fsp3) is 0.333. The zero-order chi connectivity index (χ0) is 19.8. The molecule has 0 saturated carbocycles. The van der Waals surface area contributed by atoms with Gasteiger partial charge in [-0.1, -0.05) is 48.5 Å². The summed E-state index contributed by atoms with van der Waals surface area (Å²) in [7, 11) is 0. The average Bonchev–Trinajstić information content (AvgIpc) is 3.02. The van der Waals surface area contributed by atoms with Gasteiger partial charge in [-0.2, -0.15) is 0 Å². The molecule has 0 spiro atoms. The standard InChI is InChI=1S/C21H23NO6/c23-20(24)14-27-12-11-26-10-9-22-21(25)28-13-19-17-7-3-1-5-15(17)16-6-2-4-8-18(16)19/h1-8,19H,9-14H2,(H,22,25)(H,23,24)/p-1. The lowest BCUT2D eigenvalue weighted by atomic mass is 9.98. The molecule has 28 heavy (non-hydrogen) atoms. The van der Waals surface area contributed by atoms with Crippen molar-refractivity contribution in [1.82, 2.24) is 5.32 Å². The van der Waals surface area contributed by atoms with Gasteiger partial charge in [0.2, 0.25) is 0 Å². The summed E-state index contributed by atoms with van der Waals surface area (Å²) in [6.45, 7) is 0.758. The Morgan fingerprint density at radius 2 is 1.50 bits per heavy atom. The first kappa shape index (κ1) is 19.9. The Kier molecular flexibility index (Phi) is 7.00. The number of hydrogen-bond acceptors (Lipinski definition) is 6. The van der Waals surface area contributed by atoms with Crippen molar-refractivity contribution >= 4 is 12.1 Å². The summed E-state index contributed by atoms with van der Waals surface area (Å²) in [6, 6.07) is 16.3. The topological polar surface area (TPSA) is 96.9 Å². The van der Waals surface area contributed by atoms with Crippen molar-refractivity contribution in [2.45, 2.75) is 5.92 Å². The highest BCUT2D eigenvalue weighted by Crippen LogP contribution is 2.44. The van der Waals surface area contributed by atoms with Crippen LogP contribution in [0.2, 0.25) is 0 Å². The number of aliphatic carboxylic acids is 1. The van der Waals surface area contributed by atoms with Crippen LogP contribution >= 0.6 is 0 Å². The lowest BCUT2D eigenvalue weighted by Crippen LogP contribution is -2.30. The van der Waals surface area contributed by atoms with Gasteiger partial charge in [0.15, 0.2) is 0 Å². The number of amides is 1. The van der Waals surface area contributed by atoms with E-state index in [1.807, 2.05) is 24.3 Å². The molecule has 0 heterocycles. The molecule has 1 aliphatic carbocycles. The molecule has 0 aliphatic heterocycles. The second-order valence-electron chi connectivity index (χ2n) is 6.29. The third kappa shape index (κ3) is 5.09. The molecule has 148 valence electrons. The molecule has 1 N–H and O–H groups in total. The van der Waals surface area contributed by atoms with Crippen LogP contribution in [0.4, 0.5) is 4.79 Å². The normalized spacial score (nSPS) is 12.3. The summed E-state index contributed by atoms with van der Waals surface area (Å²) < 4.78 is 15.4. The van der Waals surface area contributed by atoms with Crippen LogP contribution in [0.25, 0.3) is 11.1 Å². The highest BCUT2D eigenvalue weighted by molar-refractivity contribution is 5.79. The van der Waals surface area contributed by atoms with Crippen LogP contribution in [0.1, 0.15) is 17.0 Å². The number of hydrogen-bond donors (Lipinski definition) is 1. The molecule has 2 aromatic rings. The molecule has 2 aromatic carbocycles. The van der Waals surface area contributed by atoms with Gasteiger partial charge in [-0.25, -0.2) is 4.79 Å². The molecule has 1 aliphatic rings. The molecule has 7 heteroatoms. The largest absolute Gasteiger partial charge is 0.548 e. The lowest BCUT2D eigenvalue weighted by molar-refractivity contribution is -0.309. The van der Waals surface area contributed by atoms with Crippen molar-refractivity contribution in [1.29, 1.82) is 0 Å².